The SMILES string of the molecule is CCCCCCCCCCCS(=O)(=O)C(CCCCCCCC)C(C)OC(OCCC)(P=O)C(=O)O. The van der Waals surface area contributed by atoms with E-state index >= 15 is 0 Å². The third-order valence-corrected chi connectivity index (χ3v) is 9.66. The topological polar surface area (TPSA) is 107 Å². The van der Waals surface area contributed by atoms with Gasteiger partial charge in [0.05, 0.1) is 23.7 Å². The van der Waals surface area contributed by atoms with Crippen molar-refractivity contribution < 1.29 is 32.4 Å². The van der Waals surface area contributed by atoms with Gasteiger partial charge in [-0.15, -0.1) is 0 Å². The number of unbranched alkanes of at least 4 members (excludes halogenated alkanes) is 13. The van der Waals surface area contributed by atoms with Crippen molar-refractivity contribution in [3.63, 3.8) is 0 Å². The molecule has 3 atom stereocenters. The molecular formula is C27H53O7PS. The Morgan fingerprint density at radius 1 is 0.806 bits per heavy atom. The Bertz CT molecular complexity index is 671. The summed E-state index contributed by atoms with van der Waals surface area (Å²) in [5, 5.41) is 8.81. The number of sulfone groups is 1. The Labute approximate surface area is 222 Å². The van der Waals surface area contributed by atoms with Gasteiger partial charge in [-0.1, -0.05) is 111 Å². The molecule has 7 nitrogen and oxygen atoms in total. The second kappa shape index (κ2) is 21.4. The fraction of sp³-hybridized carbons (Fsp3) is 0.963. The van der Waals surface area contributed by atoms with Gasteiger partial charge in [-0.2, -0.15) is 0 Å². The van der Waals surface area contributed by atoms with Gasteiger partial charge in [0.2, 0.25) is 8.46 Å². The Balaban J connectivity index is 5.13. The zero-order valence-electron chi connectivity index (χ0n) is 23.3. The quantitative estimate of drug-likeness (QED) is 0.0660. The Hall–Kier alpha value is -0.560. The van der Waals surface area contributed by atoms with Crippen molar-refractivity contribution in [3.8, 4) is 0 Å². The number of carboxylic acid groups (broad SMARTS) is 1. The van der Waals surface area contributed by atoms with Crippen LogP contribution in [0, 0.1) is 0 Å². The molecule has 0 rings (SSSR count). The standard InChI is InChI=1S/C27H53O7PS/c1-5-8-10-12-14-15-16-18-20-23-36(31,32)25(21-19-17-13-11-9-6-2)24(4)34-27(35-30,26(28)29)33-22-7-3/h24-25H,5-23H2,1-4H3,(H,28,29). The fourth-order valence-electron chi connectivity index (χ4n) is 4.40. The molecule has 9 heteroatoms. The molecule has 36 heavy (non-hydrogen) atoms. The molecule has 0 aromatic heterocycles. The third kappa shape index (κ3) is 15.0. The van der Waals surface area contributed by atoms with Crippen LogP contribution in [-0.2, 0) is 28.7 Å². The molecule has 3 unspecified atom stereocenters. The number of hydrogen-bond donors (Lipinski definition) is 1. The van der Waals surface area contributed by atoms with Crippen LogP contribution in [0.2, 0.25) is 0 Å². The lowest BCUT2D eigenvalue weighted by atomic mass is 10.1. The molecule has 0 saturated carbocycles. The zero-order valence-corrected chi connectivity index (χ0v) is 25.1. The molecule has 0 heterocycles. The number of carboxylic acids is 1. The van der Waals surface area contributed by atoms with Gasteiger partial charge in [-0.3, -0.25) is 4.57 Å². The van der Waals surface area contributed by atoms with E-state index in [-0.39, 0.29) is 12.4 Å². The largest absolute Gasteiger partial charge is 0.477 e. The molecule has 0 aromatic carbocycles. The maximum Gasteiger partial charge on any atom is 0.377 e. The highest BCUT2D eigenvalue weighted by Crippen LogP contribution is 2.32. The number of carbonyl (C=O) groups is 1. The predicted molar refractivity (Wildman–Crippen MR) is 148 cm³/mol. The van der Waals surface area contributed by atoms with Gasteiger partial charge in [-0.25, -0.2) is 13.2 Å². The highest BCUT2D eigenvalue weighted by atomic mass is 32.2. The van der Waals surface area contributed by atoms with E-state index in [2.05, 4.69) is 13.8 Å². The molecule has 0 aromatic rings. The smallest absolute Gasteiger partial charge is 0.377 e. The highest BCUT2D eigenvalue weighted by molar-refractivity contribution is 7.92. The Kier molecular flexibility index (Phi) is 21.0. The minimum Gasteiger partial charge on any atom is -0.477 e. The first-order valence-corrected chi connectivity index (χ1v) is 16.8. The maximum absolute atomic E-state index is 13.4. The van der Waals surface area contributed by atoms with Crippen LogP contribution in [0.25, 0.3) is 0 Å². The molecule has 0 aliphatic heterocycles. The second-order valence-electron chi connectivity index (χ2n) is 9.94. The van der Waals surface area contributed by atoms with Crippen molar-refractivity contribution in [2.75, 3.05) is 12.4 Å². The monoisotopic (exact) mass is 552 g/mol. The van der Waals surface area contributed by atoms with E-state index < -0.39 is 41.1 Å². The number of ether oxygens (including phenoxy) is 2. The Morgan fingerprint density at radius 3 is 1.72 bits per heavy atom. The first kappa shape index (κ1) is 35.4. The van der Waals surface area contributed by atoms with E-state index in [1.165, 1.54) is 32.1 Å². The van der Waals surface area contributed by atoms with Gasteiger partial charge in [-0.05, 0) is 26.2 Å². The van der Waals surface area contributed by atoms with Gasteiger partial charge in [0.25, 0.3) is 0 Å². The average molecular weight is 553 g/mol. The summed E-state index contributed by atoms with van der Waals surface area (Å²) in [4.78, 5) is 11.9. The van der Waals surface area contributed by atoms with E-state index in [9.17, 15) is 22.9 Å². The summed E-state index contributed by atoms with van der Waals surface area (Å²) in [6.07, 6.45) is 15.9. The van der Waals surface area contributed by atoms with Crippen molar-refractivity contribution in [2.45, 2.75) is 154 Å². The van der Waals surface area contributed by atoms with Gasteiger partial charge < -0.3 is 14.6 Å². The summed E-state index contributed by atoms with van der Waals surface area (Å²) in [6.45, 7) is 7.76. The summed E-state index contributed by atoms with van der Waals surface area (Å²) in [7, 11) is -4.38. The van der Waals surface area contributed by atoms with Crippen LogP contribution in [0.1, 0.15) is 137 Å². The van der Waals surface area contributed by atoms with E-state index in [1.807, 2.05) is 0 Å². The molecule has 0 spiro atoms. The molecule has 1 N–H and O–H groups in total. The lowest BCUT2D eigenvalue weighted by Gasteiger charge is -2.31. The van der Waals surface area contributed by atoms with Crippen LogP contribution in [-0.4, -0.2) is 48.7 Å². The van der Waals surface area contributed by atoms with Gasteiger partial charge in [0.1, 0.15) is 0 Å². The molecule has 0 bridgehead atoms. The summed E-state index contributed by atoms with van der Waals surface area (Å²) in [5.41, 5.74) is -2.39. The van der Waals surface area contributed by atoms with Gasteiger partial charge in [0, 0.05) is 0 Å². The van der Waals surface area contributed by atoms with Crippen LogP contribution in [0.15, 0.2) is 0 Å². The second-order valence-corrected chi connectivity index (χ2v) is 13.1. The summed E-state index contributed by atoms with van der Waals surface area (Å²) < 4.78 is 49.5. The van der Waals surface area contributed by atoms with Crippen molar-refractivity contribution >= 4 is 24.3 Å². The van der Waals surface area contributed by atoms with Gasteiger partial charge >= 0.3 is 11.5 Å². The van der Waals surface area contributed by atoms with Crippen LogP contribution < -0.4 is 0 Å². The summed E-state index contributed by atoms with van der Waals surface area (Å²) in [5.74, 6) is -1.46. The number of hydrogen-bond acceptors (Lipinski definition) is 6. The van der Waals surface area contributed by atoms with E-state index in [1.54, 1.807) is 13.8 Å². The van der Waals surface area contributed by atoms with Crippen molar-refractivity contribution in [3.05, 3.63) is 0 Å². The third-order valence-electron chi connectivity index (χ3n) is 6.60. The van der Waals surface area contributed by atoms with Crippen molar-refractivity contribution in [1.82, 2.24) is 0 Å². The van der Waals surface area contributed by atoms with E-state index in [0.29, 0.717) is 19.3 Å². The first-order chi connectivity index (χ1) is 17.2. The minimum atomic E-state index is -3.53. The van der Waals surface area contributed by atoms with E-state index in [0.717, 1.165) is 57.8 Å². The molecule has 0 radical (unpaired) electrons. The lowest BCUT2D eigenvalue weighted by molar-refractivity contribution is -0.217. The molecule has 0 fully saturated rings. The Morgan fingerprint density at radius 2 is 1.28 bits per heavy atom. The van der Waals surface area contributed by atoms with Crippen molar-refractivity contribution in [1.29, 1.82) is 0 Å². The predicted octanol–water partition coefficient (Wildman–Crippen LogP) is 7.91. The average Bonchev–Trinajstić information content (AvgIpc) is 2.84. The number of rotatable bonds is 26. The fourth-order valence-corrected chi connectivity index (χ4v) is 6.90. The molecule has 214 valence electrons. The molecule has 0 aliphatic rings. The van der Waals surface area contributed by atoms with Gasteiger partial charge in [0.15, 0.2) is 9.84 Å². The lowest BCUT2D eigenvalue weighted by Crippen LogP contribution is -2.46. The molecular weight excluding hydrogens is 499 g/mol. The normalized spacial score (nSPS) is 15.6. The molecule has 0 aliphatic carbocycles. The molecule has 0 amide bonds. The first-order valence-electron chi connectivity index (χ1n) is 14.3. The zero-order chi connectivity index (χ0) is 27.3. The van der Waals surface area contributed by atoms with E-state index in [4.69, 9.17) is 9.47 Å². The van der Waals surface area contributed by atoms with Crippen molar-refractivity contribution in [2.24, 2.45) is 0 Å². The summed E-state index contributed by atoms with van der Waals surface area (Å²) >= 11 is 0. The molecule has 0 saturated heterocycles. The number of aliphatic carboxylic acids is 1. The maximum atomic E-state index is 13.4. The minimum absolute atomic E-state index is 0.0432. The van der Waals surface area contributed by atoms with Crippen LogP contribution in [0.4, 0.5) is 0 Å². The van der Waals surface area contributed by atoms with Crippen LogP contribution in [0.3, 0.4) is 0 Å². The highest BCUT2D eigenvalue weighted by Gasteiger charge is 2.47. The van der Waals surface area contributed by atoms with Crippen LogP contribution >= 0.6 is 8.46 Å². The van der Waals surface area contributed by atoms with Crippen LogP contribution in [0.5, 0.6) is 0 Å². The summed E-state index contributed by atoms with van der Waals surface area (Å²) in [6, 6.07) is 0.